The number of nitrogens with zero attached hydrogens (tertiary/aromatic N) is 4. The van der Waals surface area contributed by atoms with Gasteiger partial charge in [0, 0.05) is 17.1 Å². The summed E-state index contributed by atoms with van der Waals surface area (Å²) in [6.07, 6.45) is 3.24. The molecule has 0 saturated carbocycles. The van der Waals surface area contributed by atoms with Crippen LogP contribution in [0.4, 0.5) is 0 Å². The molecule has 18 heavy (non-hydrogen) atoms. The first-order valence-electron chi connectivity index (χ1n) is 5.54. The number of aromatic nitrogens is 4. The Kier molecular flexibility index (Phi) is 3.42. The molecular formula is C11H15N5OS. The van der Waals surface area contributed by atoms with Crippen LogP contribution in [0.5, 0.6) is 0 Å². The van der Waals surface area contributed by atoms with E-state index in [0.29, 0.717) is 5.82 Å². The smallest absolute Gasteiger partial charge is 0.242 e. The highest BCUT2D eigenvalue weighted by atomic mass is 32.1. The highest BCUT2D eigenvalue weighted by molar-refractivity contribution is 7.12. The summed E-state index contributed by atoms with van der Waals surface area (Å²) in [5.41, 5.74) is -0.240. The summed E-state index contributed by atoms with van der Waals surface area (Å²) in [4.78, 5) is 20.0. The summed E-state index contributed by atoms with van der Waals surface area (Å²) in [6.45, 7) is 5.98. The first kappa shape index (κ1) is 12.7. The van der Waals surface area contributed by atoms with Crippen LogP contribution < -0.4 is 5.32 Å². The molecule has 6 nitrogen and oxygen atoms in total. The van der Waals surface area contributed by atoms with Crippen LogP contribution in [0.3, 0.4) is 0 Å². The molecule has 1 amide bonds. The van der Waals surface area contributed by atoms with Gasteiger partial charge in [-0.05, 0) is 20.8 Å². The minimum Gasteiger partial charge on any atom is -0.350 e. The molecule has 0 saturated heterocycles. The number of nitrogens with one attached hydrogen (secondary N) is 1. The van der Waals surface area contributed by atoms with Gasteiger partial charge in [-0.15, -0.1) is 16.4 Å². The molecule has 2 aromatic heterocycles. The molecule has 0 aliphatic carbocycles. The van der Waals surface area contributed by atoms with Crippen molar-refractivity contribution in [3.8, 4) is 10.8 Å². The van der Waals surface area contributed by atoms with E-state index in [1.807, 2.05) is 26.2 Å². The van der Waals surface area contributed by atoms with Crippen molar-refractivity contribution < 1.29 is 4.79 Å². The molecule has 2 aromatic rings. The van der Waals surface area contributed by atoms with Crippen LogP contribution in [-0.2, 0) is 11.3 Å². The molecule has 2 rings (SSSR count). The fourth-order valence-electron chi connectivity index (χ4n) is 1.41. The lowest BCUT2D eigenvalue weighted by molar-refractivity contribution is -0.123. The van der Waals surface area contributed by atoms with Gasteiger partial charge in [0.1, 0.15) is 12.9 Å². The molecule has 0 fully saturated rings. The fraction of sp³-hybridized carbons (Fsp3) is 0.455. The molecule has 1 N–H and O–H groups in total. The van der Waals surface area contributed by atoms with Crippen molar-refractivity contribution in [2.75, 3.05) is 0 Å². The Morgan fingerprint density at radius 3 is 2.83 bits per heavy atom. The Hall–Kier alpha value is -1.76. The summed E-state index contributed by atoms with van der Waals surface area (Å²) < 4.78 is 1.51. The lowest BCUT2D eigenvalue weighted by atomic mass is 10.1. The molecule has 0 radical (unpaired) electrons. The zero-order chi connectivity index (χ0) is 13.2. The SMILES string of the molecule is CC(C)(C)NC(=O)Cn1cnc(-c2nccs2)n1. The number of carbonyl (C=O) groups is 1. The summed E-state index contributed by atoms with van der Waals surface area (Å²) in [5, 5.41) is 9.70. The third-order valence-electron chi connectivity index (χ3n) is 1.98. The van der Waals surface area contributed by atoms with Crippen LogP contribution in [0.2, 0.25) is 0 Å². The largest absolute Gasteiger partial charge is 0.350 e. The highest BCUT2D eigenvalue weighted by Crippen LogP contribution is 2.16. The van der Waals surface area contributed by atoms with Gasteiger partial charge >= 0.3 is 0 Å². The number of carbonyl (C=O) groups excluding carboxylic acids is 1. The number of thiazole rings is 1. The van der Waals surface area contributed by atoms with E-state index in [0.717, 1.165) is 5.01 Å². The molecule has 7 heteroatoms. The van der Waals surface area contributed by atoms with Gasteiger partial charge in [0.2, 0.25) is 11.7 Å². The number of hydrogen-bond donors (Lipinski definition) is 1. The van der Waals surface area contributed by atoms with Gasteiger partial charge in [-0.2, -0.15) is 0 Å². The maximum atomic E-state index is 11.7. The third kappa shape index (κ3) is 3.36. The second-order valence-electron chi connectivity index (χ2n) is 4.90. The topological polar surface area (TPSA) is 72.7 Å². The lowest BCUT2D eigenvalue weighted by Gasteiger charge is -2.20. The van der Waals surface area contributed by atoms with Gasteiger partial charge in [0.25, 0.3) is 0 Å². The quantitative estimate of drug-likeness (QED) is 0.908. The second kappa shape index (κ2) is 4.85. The average molecular weight is 265 g/mol. The summed E-state index contributed by atoms with van der Waals surface area (Å²) in [7, 11) is 0. The zero-order valence-electron chi connectivity index (χ0n) is 10.5. The van der Waals surface area contributed by atoms with E-state index in [4.69, 9.17) is 0 Å². The first-order chi connectivity index (χ1) is 8.44. The molecule has 0 bridgehead atoms. The van der Waals surface area contributed by atoms with E-state index in [1.54, 1.807) is 12.5 Å². The Labute approximate surface area is 109 Å². The number of hydrogen-bond acceptors (Lipinski definition) is 5. The Morgan fingerprint density at radius 2 is 2.22 bits per heavy atom. The normalized spacial score (nSPS) is 11.5. The van der Waals surface area contributed by atoms with Crippen molar-refractivity contribution in [1.82, 2.24) is 25.1 Å². The van der Waals surface area contributed by atoms with E-state index >= 15 is 0 Å². The van der Waals surface area contributed by atoms with Crippen LogP contribution in [-0.4, -0.2) is 31.2 Å². The Morgan fingerprint density at radius 1 is 1.44 bits per heavy atom. The highest BCUT2D eigenvalue weighted by Gasteiger charge is 2.15. The third-order valence-corrected chi connectivity index (χ3v) is 2.75. The van der Waals surface area contributed by atoms with Gasteiger partial charge in [-0.25, -0.2) is 14.6 Å². The van der Waals surface area contributed by atoms with Crippen molar-refractivity contribution in [2.45, 2.75) is 32.9 Å². The molecule has 0 unspecified atom stereocenters. The van der Waals surface area contributed by atoms with Crippen molar-refractivity contribution in [1.29, 1.82) is 0 Å². The molecule has 0 spiro atoms. The molecule has 96 valence electrons. The van der Waals surface area contributed by atoms with Crippen LogP contribution in [0.25, 0.3) is 10.8 Å². The zero-order valence-corrected chi connectivity index (χ0v) is 11.4. The van der Waals surface area contributed by atoms with Crippen LogP contribution in [0.1, 0.15) is 20.8 Å². The van der Waals surface area contributed by atoms with Gasteiger partial charge in [-0.3, -0.25) is 4.79 Å². The van der Waals surface area contributed by atoms with E-state index in [1.165, 1.54) is 16.0 Å². The van der Waals surface area contributed by atoms with E-state index < -0.39 is 0 Å². The molecule has 2 heterocycles. The Bertz CT molecular complexity index is 526. The predicted octanol–water partition coefficient (Wildman–Crippen LogP) is 1.32. The monoisotopic (exact) mass is 265 g/mol. The van der Waals surface area contributed by atoms with Gasteiger partial charge in [0.05, 0.1) is 0 Å². The maximum absolute atomic E-state index is 11.7. The minimum absolute atomic E-state index is 0.0851. The average Bonchev–Trinajstić information content (AvgIpc) is 2.82. The van der Waals surface area contributed by atoms with Gasteiger partial charge in [-0.1, -0.05) is 0 Å². The standard InChI is InChI=1S/C11H15N5OS/c1-11(2,3)14-8(17)6-16-7-13-9(15-16)10-12-4-5-18-10/h4-5,7H,6H2,1-3H3,(H,14,17). The number of amides is 1. The maximum Gasteiger partial charge on any atom is 0.242 e. The molecule has 0 aromatic carbocycles. The molecular weight excluding hydrogens is 250 g/mol. The van der Waals surface area contributed by atoms with Crippen molar-refractivity contribution >= 4 is 17.2 Å². The van der Waals surface area contributed by atoms with Crippen molar-refractivity contribution in [3.63, 3.8) is 0 Å². The molecule has 0 aliphatic heterocycles. The summed E-state index contributed by atoms with van der Waals surface area (Å²) in [5.74, 6) is 0.464. The Balaban J connectivity index is 2.01. The fourth-order valence-corrected chi connectivity index (χ4v) is 1.98. The van der Waals surface area contributed by atoms with Crippen LogP contribution in [0.15, 0.2) is 17.9 Å². The summed E-state index contributed by atoms with van der Waals surface area (Å²) >= 11 is 1.47. The van der Waals surface area contributed by atoms with Crippen molar-refractivity contribution in [2.24, 2.45) is 0 Å². The van der Waals surface area contributed by atoms with Gasteiger partial charge < -0.3 is 5.32 Å². The first-order valence-corrected chi connectivity index (χ1v) is 6.42. The molecule has 0 atom stereocenters. The van der Waals surface area contributed by atoms with Gasteiger partial charge in [0.15, 0.2) is 5.01 Å². The van der Waals surface area contributed by atoms with Crippen molar-refractivity contribution in [3.05, 3.63) is 17.9 Å². The van der Waals surface area contributed by atoms with Crippen LogP contribution in [0, 0.1) is 0 Å². The minimum atomic E-state index is -0.240. The van der Waals surface area contributed by atoms with E-state index in [9.17, 15) is 4.79 Å². The summed E-state index contributed by atoms with van der Waals surface area (Å²) in [6, 6.07) is 0. The lowest BCUT2D eigenvalue weighted by Crippen LogP contribution is -2.42. The van der Waals surface area contributed by atoms with E-state index in [-0.39, 0.29) is 18.0 Å². The second-order valence-corrected chi connectivity index (χ2v) is 5.80. The number of rotatable bonds is 3. The molecule has 0 aliphatic rings. The van der Waals surface area contributed by atoms with Crippen LogP contribution >= 0.6 is 11.3 Å². The predicted molar refractivity (Wildman–Crippen MR) is 69.0 cm³/mol. The van der Waals surface area contributed by atoms with E-state index in [2.05, 4.69) is 20.4 Å².